The molecule has 9 atom stereocenters. The SMILES string of the molecule is COCC1OC(n2ccc(N)nc2=O)[C@H](OC)[C@@H]1CC(=O)NCC1OC(n2ccc(=O)[nH]c2=O)[C@H](F)[C@@H]1OP(=O)([O-])OC. The highest BCUT2D eigenvalue weighted by atomic mass is 31.2. The summed E-state index contributed by atoms with van der Waals surface area (Å²) >= 11 is 0. The van der Waals surface area contributed by atoms with Gasteiger partial charge in [0.25, 0.3) is 13.4 Å². The van der Waals surface area contributed by atoms with E-state index in [1.54, 1.807) is 0 Å². The van der Waals surface area contributed by atoms with Gasteiger partial charge in [-0.05, 0) is 6.07 Å². The number of nitrogens with two attached hydrogens (primary N) is 1. The van der Waals surface area contributed by atoms with Gasteiger partial charge in [0.15, 0.2) is 18.6 Å². The van der Waals surface area contributed by atoms with Crippen LogP contribution in [0, 0.1) is 5.92 Å². The Balaban J connectivity index is 1.50. The third-order valence-corrected chi connectivity index (χ3v) is 7.96. The first kappa shape index (κ1) is 32.6. The number of alkyl halides is 1. The minimum absolute atomic E-state index is 0.0102. The number of hydrogen-bond acceptors (Lipinski definition) is 14. The van der Waals surface area contributed by atoms with E-state index in [1.165, 1.54) is 31.0 Å². The van der Waals surface area contributed by atoms with Gasteiger partial charge in [0.2, 0.25) is 5.91 Å². The fraction of sp³-hybridized carbons (Fsp3) is 0.609. The number of amides is 1. The Bertz CT molecular complexity index is 1520. The third kappa shape index (κ3) is 7.27. The van der Waals surface area contributed by atoms with Gasteiger partial charge in [0.05, 0.1) is 12.7 Å². The zero-order chi connectivity index (χ0) is 31.5. The Morgan fingerprint density at radius 3 is 2.47 bits per heavy atom. The van der Waals surface area contributed by atoms with Crippen LogP contribution >= 0.6 is 7.82 Å². The van der Waals surface area contributed by atoms with E-state index >= 15 is 4.39 Å². The lowest BCUT2D eigenvalue weighted by Crippen LogP contribution is -2.42. The number of anilines is 1. The highest BCUT2D eigenvalue weighted by Crippen LogP contribution is 2.45. The maximum atomic E-state index is 15.5. The van der Waals surface area contributed by atoms with Crippen LogP contribution in [-0.4, -0.2) is 90.1 Å². The minimum Gasteiger partial charge on any atom is -0.756 e. The first-order valence-corrected chi connectivity index (χ1v) is 14.3. The molecule has 2 aliphatic heterocycles. The molecule has 2 fully saturated rings. The fourth-order valence-corrected chi connectivity index (χ4v) is 5.65. The van der Waals surface area contributed by atoms with Crippen LogP contribution in [0.15, 0.2) is 38.9 Å². The van der Waals surface area contributed by atoms with Gasteiger partial charge in [-0.2, -0.15) is 4.98 Å². The second kappa shape index (κ2) is 13.6. The number of ether oxygens (including phenoxy) is 4. The second-order valence-corrected chi connectivity index (χ2v) is 11.1. The van der Waals surface area contributed by atoms with E-state index in [1.807, 2.05) is 4.98 Å². The van der Waals surface area contributed by atoms with Crippen molar-refractivity contribution in [3.8, 4) is 0 Å². The van der Waals surface area contributed by atoms with Gasteiger partial charge in [-0.15, -0.1) is 0 Å². The molecular formula is C23H31FN6O12P-. The topological polar surface area (TPSA) is 240 Å². The molecular weight excluding hydrogens is 602 g/mol. The van der Waals surface area contributed by atoms with Gasteiger partial charge in [0, 0.05) is 58.7 Å². The lowest BCUT2D eigenvalue weighted by atomic mass is 9.93. The van der Waals surface area contributed by atoms with Crippen LogP contribution in [0.2, 0.25) is 0 Å². The number of aromatic amines is 1. The Labute approximate surface area is 242 Å². The van der Waals surface area contributed by atoms with Crippen molar-refractivity contribution in [2.24, 2.45) is 5.92 Å². The van der Waals surface area contributed by atoms with E-state index in [0.29, 0.717) is 0 Å². The Morgan fingerprint density at radius 1 is 1.14 bits per heavy atom. The molecule has 1 amide bonds. The Hall–Kier alpha value is -3.29. The van der Waals surface area contributed by atoms with Crippen LogP contribution in [0.25, 0.3) is 0 Å². The molecule has 0 aromatic carbocycles. The third-order valence-electron chi connectivity index (χ3n) is 7.01. The van der Waals surface area contributed by atoms with E-state index < -0.39 is 86.2 Å². The van der Waals surface area contributed by atoms with Gasteiger partial charge in [-0.1, -0.05) is 0 Å². The van der Waals surface area contributed by atoms with Crippen molar-refractivity contribution in [1.29, 1.82) is 0 Å². The zero-order valence-electron chi connectivity index (χ0n) is 23.2. The molecule has 4 N–H and O–H groups in total. The standard InChI is InChI=1S/C23H32FN6O12P/c1-37-10-13-11(18(38-2)21(41-13)30-6-4-14(25)27-22(30)33)8-16(32)26-9-12-19(42-43(35,36)39-3)17(24)20(40-12)29-7-5-15(31)28-23(29)34/h4-7,11-13,17-21H,8-10H2,1-3H3,(H,26,32)(H,35,36)(H2,25,27,33)(H,28,31,34)/p-1/t11-,12?,13?,17-,18-,19-,20?,21?/m1/s1. The number of phosphoric acid groups is 1. The molecule has 2 aliphatic rings. The molecule has 238 valence electrons. The minimum atomic E-state index is -4.99. The quantitative estimate of drug-likeness (QED) is 0.210. The molecule has 4 rings (SSSR count). The molecule has 0 bridgehead atoms. The van der Waals surface area contributed by atoms with Gasteiger partial charge < -0.3 is 43.9 Å². The van der Waals surface area contributed by atoms with Crippen molar-refractivity contribution in [3.63, 3.8) is 0 Å². The van der Waals surface area contributed by atoms with Crippen LogP contribution in [0.3, 0.4) is 0 Å². The number of rotatable bonds is 12. The number of carbonyl (C=O) groups is 1. The fourth-order valence-electron chi connectivity index (χ4n) is 5.02. The Morgan fingerprint density at radius 2 is 1.84 bits per heavy atom. The number of halogens is 1. The highest BCUT2D eigenvalue weighted by Gasteiger charge is 2.50. The first-order chi connectivity index (χ1) is 20.4. The van der Waals surface area contributed by atoms with Crippen molar-refractivity contribution in [2.45, 2.75) is 49.5 Å². The van der Waals surface area contributed by atoms with E-state index in [2.05, 4.69) is 14.8 Å². The molecule has 2 saturated heterocycles. The molecule has 2 aromatic heterocycles. The van der Waals surface area contributed by atoms with Gasteiger partial charge in [0.1, 0.15) is 24.1 Å². The largest absolute Gasteiger partial charge is 0.756 e. The van der Waals surface area contributed by atoms with Crippen molar-refractivity contribution in [2.75, 3.05) is 40.2 Å². The van der Waals surface area contributed by atoms with Crippen LogP contribution < -0.4 is 32.9 Å². The average Bonchev–Trinajstić information content (AvgIpc) is 3.43. The molecule has 5 unspecified atom stereocenters. The molecule has 18 nitrogen and oxygen atoms in total. The number of nitrogens with one attached hydrogen (secondary N) is 2. The van der Waals surface area contributed by atoms with E-state index in [4.69, 9.17) is 29.2 Å². The van der Waals surface area contributed by atoms with Crippen molar-refractivity contribution < 1.29 is 46.6 Å². The predicted octanol–water partition coefficient (Wildman–Crippen LogP) is -2.21. The second-order valence-electron chi connectivity index (χ2n) is 9.66. The summed E-state index contributed by atoms with van der Waals surface area (Å²) in [6, 6.07) is 2.35. The van der Waals surface area contributed by atoms with Crippen LogP contribution in [0.5, 0.6) is 0 Å². The molecule has 0 aliphatic carbocycles. The number of methoxy groups -OCH3 is 2. The van der Waals surface area contributed by atoms with E-state index in [9.17, 15) is 28.6 Å². The summed E-state index contributed by atoms with van der Waals surface area (Å²) in [5.41, 5.74) is 3.13. The summed E-state index contributed by atoms with van der Waals surface area (Å²) < 4.78 is 60.9. The average molecular weight is 634 g/mol. The Kier molecular flexibility index (Phi) is 10.3. The van der Waals surface area contributed by atoms with Crippen LogP contribution in [0.4, 0.5) is 10.2 Å². The first-order valence-electron chi connectivity index (χ1n) is 12.8. The number of H-pyrrole nitrogens is 1. The van der Waals surface area contributed by atoms with Crippen molar-refractivity contribution in [1.82, 2.24) is 24.4 Å². The van der Waals surface area contributed by atoms with Gasteiger partial charge >= 0.3 is 11.4 Å². The summed E-state index contributed by atoms with van der Waals surface area (Å²) in [5.74, 6) is -1.23. The molecule has 4 heterocycles. The molecule has 2 aromatic rings. The summed E-state index contributed by atoms with van der Waals surface area (Å²) in [4.78, 5) is 66.9. The van der Waals surface area contributed by atoms with E-state index in [-0.39, 0.29) is 18.8 Å². The molecule has 0 saturated carbocycles. The number of hydrogen-bond donors (Lipinski definition) is 3. The summed E-state index contributed by atoms with van der Waals surface area (Å²) in [7, 11) is -1.38. The zero-order valence-corrected chi connectivity index (χ0v) is 24.1. The van der Waals surface area contributed by atoms with Crippen LogP contribution in [0.1, 0.15) is 18.9 Å². The maximum Gasteiger partial charge on any atom is 0.351 e. The monoisotopic (exact) mass is 633 g/mol. The molecule has 0 spiro atoms. The van der Waals surface area contributed by atoms with Gasteiger partial charge in [-0.25, -0.2) is 14.0 Å². The number of phosphoric ester groups is 1. The number of carbonyl (C=O) groups excluding carboxylic acids is 1. The number of aromatic nitrogens is 4. The summed E-state index contributed by atoms with van der Waals surface area (Å²) in [6.07, 6.45) is -7.52. The maximum absolute atomic E-state index is 15.5. The lowest BCUT2D eigenvalue weighted by Gasteiger charge is -2.28. The summed E-state index contributed by atoms with van der Waals surface area (Å²) in [5, 5.41) is 2.54. The lowest BCUT2D eigenvalue weighted by molar-refractivity contribution is -0.229. The normalized spacial score (nSPS) is 30.3. The van der Waals surface area contributed by atoms with Gasteiger partial charge in [-0.3, -0.25) is 28.3 Å². The predicted molar refractivity (Wildman–Crippen MR) is 140 cm³/mol. The summed E-state index contributed by atoms with van der Waals surface area (Å²) in [6.45, 7) is -0.408. The molecule has 20 heteroatoms. The molecule has 0 radical (unpaired) electrons. The molecule has 43 heavy (non-hydrogen) atoms. The van der Waals surface area contributed by atoms with Crippen molar-refractivity contribution >= 4 is 19.5 Å². The highest BCUT2D eigenvalue weighted by molar-refractivity contribution is 7.45. The number of nitrogens with zero attached hydrogens (tertiary/aromatic N) is 3. The van der Waals surface area contributed by atoms with Crippen LogP contribution in [-0.2, 0) is 37.4 Å². The number of nitrogen functional groups attached to an aromatic ring is 1. The van der Waals surface area contributed by atoms with E-state index in [0.717, 1.165) is 23.9 Å². The smallest absolute Gasteiger partial charge is 0.351 e. The van der Waals surface area contributed by atoms with Crippen molar-refractivity contribution in [3.05, 3.63) is 55.8 Å².